The molecule has 26 heavy (non-hydrogen) atoms. The number of likely N-dealkylation sites (N-methyl/N-ethyl adjacent to an activating group) is 1. The third-order valence-corrected chi connectivity index (χ3v) is 5.62. The molecule has 0 spiro atoms. The Bertz CT molecular complexity index is 570. The highest BCUT2D eigenvalue weighted by molar-refractivity contribution is 6.01. The molecular formula is C19H30N2O5. The topological polar surface area (TPSA) is 95.0 Å². The molecule has 4 atom stereocenters. The first kappa shape index (κ1) is 20.6. The van der Waals surface area contributed by atoms with E-state index in [1.54, 1.807) is 14.1 Å². The lowest BCUT2D eigenvalue weighted by Gasteiger charge is -2.36. The minimum Gasteiger partial charge on any atom is -0.392 e. The Morgan fingerprint density at radius 2 is 1.73 bits per heavy atom. The molecule has 1 saturated carbocycles. The van der Waals surface area contributed by atoms with Crippen LogP contribution in [0.25, 0.3) is 0 Å². The third kappa shape index (κ3) is 4.69. The van der Waals surface area contributed by atoms with E-state index in [4.69, 9.17) is 0 Å². The fourth-order valence-corrected chi connectivity index (χ4v) is 4.13. The van der Waals surface area contributed by atoms with Gasteiger partial charge in [-0.1, -0.05) is 13.8 Å². The Kier molecular flexibility index (Phi) is 6.55. The predicted molar refractivity (Wildman–Crippen MR) is 94.8 cm³/mol. The largest absolute Gasteiger partial charge is 0.392 e. The summed E-state index contributed by atoms with van der Waals surface area (Å²) in [5, 5.41) is 10.6. The Hall–Kier alpha value is -1.76. The molecule has 3 amide bonds. The number of hydrogen-bond acceptors (Lipinski definition) is 5. The smallest absolute Gasteiger partial charge is 0.242 e. The summed E-state index contributed by atoms with van der Waals surface area (Å²) >= 11 is 0. The van der Waals surface area contributed by atoms with Crippen molar-refractivity contribution in [2.45, 2.75) is 52.1 Å². The third-order valence-electron chi connectivity index (χ3n) is 5.62. The predicted octanol–water partition coefficient (Wildman–Crippen LogP) is 0.842. The maximum atomic E-state index is 12.4. The molecular weight excluding hydrogens is 336 g/mol. The summed E-state index contributed by atoms with van der Waals surface area (Å²) in [6.07, 6.45) is 1.18. The summed E-state index contributed by atoms with van der Waals surface area (Å²) in [5.41, 5.74) is 0. The molecule has 1 heterocycles. The lowest BCUT2D eigenvalue weighted by molar-refractivity contribution is -0.154. The highest BCUT2D eigenvalue weighted by atomic mass is 16.3. The highest BCUT2D eigenvalue weighted by Gasteiger charge is 2.40. The molecule has 1 aliphatic carbocycles. The second-order valence-electron chi connectivity index (χ2n) is 8.23. The number of carbonyl (C=O) groups excluding carboxylic acids is 4. The van der Waals surface area contributed by atoms with Crippen molar-refractivity contribution in [1.82, 2.24) is 9.80 Å². The van der Waals surface area contributed by atoms with E-state index in [1.165, 1.54) is 4.90 Å². The normalized spacial score (nSPS) is 29.0. The number of nitrogens with zero attached hydrogens (tertiary/aromatic N) is 2. The SMILES string of the molecule is C[C@@H]1C[C@@H]([C@H](O)CC2CC(=O)N(CC(=O)N(C)C)C(=O)C2)C(=O)[C@@H](C)C1. The van der Waals surface area contributed by atoms with Gasteiger partial charge in [-0.2, -0.15) is 0 Å². The molecule has 1 aliphatic heterocycles. The van der Waals surface area contributed by atoms with E-state index in [-0.39, 0.29) is 61.1 Å². The number of aliphatic hydroxyl groups excluding tert-OH is 1. The summed E-state index contributed by atoms with van der Waals surface area (Å²) in [6.45, 7) is 3.73. The summed E-state index contributed by atoms with van der Waals surface area (Å²) in [5.74, 6) is -1.35. The maximum Gasteiger partial charge on any atom is 0.242 e. The molecule has 146 valence electrons. The Morgan fingerprint density at radius 1 is 1.15 bits per heavy atom. The van der Waals surface area contributed by atoms with Gasteiger partial charge in [0.15, 0.2) is 0 Å². The van der Waals surface area contributed by atoms with E-state index in [1.807, 2.05) is 6.92 Å². The Balaban J connectivity index is 1.95. The van der Waals surface area contributed by atoms with Crippen molar-refractivity contribution >= 4 is 23.5 Å². The van der Waals surface area contributed by atoms with Gasteiger partial charge >= 0.3 is 0 Å². The molecule has 0 radical (unpaired) electrons. The molecule has 0 unspecified atom stereocenters. The molecule has 2 fully saturated rings. The van der Waals surface area contributed by atoms with E-state index in [0.717, 1.165) is 11.3 Å². The summed E-state index contributed by atoms with van der Waals surface area (Å²) < 4.78 is 0. The van der Waals surface area contributed by atoms with Crippen molar-refractivity contribution in [2.75, 3.05) is 20.6 Å². The van der Waals surface area contributed by atoms with Gasteiger partial charge in [-0.15, -0.1) is 0 Å². The van der Waals surface area contributed by atoms with Crippen LogP contribution in [0.15, 0.2) is 0 Å². The van der Waals surface area contributed by atoms with Crippen LogP contribution in [0.4, 0.5) is 0 Å². The molecule has 0 aromatic rings. The van der Waals surface area contributed by atoms with Gasteiger partial charge in [0, 0.05) is 38.8 Å². The first-order valence-corrected chi connectivity index (χ1v) is 9.35. The average molecular weight is 366 g/mol. The number of carbonyl (C=O) groups is 4. The van der Waals surface area contributed by atoms with Crippen molar-refractivity contribution < 1.29 is 24.3 Å². The first-order valence-electron chi connectivity index (χ1n) is 9.35. The second-order valence-corrected chi connectivity index (χ2v) is 8.23. The monoisotopic (exact) mass is 366 g/mol. The minimum absolute atomic E-state index is 0.0550. The standard InChI is InChI=1S/C19H30N2O5/c1-11-5-12(2)19(26)14(6-11)15(22)7-13-8-16(23)21(17(24)9-13)10-18(25)20(3)4/h11-15,22H,5-10H2,1-4H3/t11-,12-,14-,15+/m0/s1. The van der Waals surface area contributed by atoms with Gasteiger partial charge < -0.3 is 10.0 Å². The molecule has 1 N–H and O–H groups in total. The fourth-order valence-electron chi connectivity index (χ4n) is 4.13. The number of aliphatic hydroxyl groups is 1. The molecule has 2 rings (SSSR count). The van der Waals surface area contributed by atoms with Gasteiger partial charge in [-0.05, 0) is 31.1 Å². The molecule has 0 bridgehead atoms. The number of imide groups is 1. The van der Waals surface area contributed by atoms with Crippen molar-refractivity contribution in [2.24, 2.45) is 23.7 Å². The van der Waals surface area contributed by atoms with Gasteiger partial charge in [0.25, 0.3) is 0 Å². The zero-order valence-electron chi connectivity index (χ0n) is 16.1. The van der Waals surface area contributed by atoms with E-state index in [9.17, 15) is 24.3 Å². The summed E-state index contributed by atoms with van der Waals surface area (Å²) in [6, 6.07) is 0. The summed E-state index contributed by atoms with van der Waals surface area (Å²) in [4.78, 5) is 51.1. The van der Waals surface area contributed by atoms with Crippen LogP contribution in [0.3, 0.4) is 0 Å². The van der Waals surface area contributed by atoms with Gasteiger partial charge in [-0.3, -0.25) is 24.1 Å². The quantitative estimate of drug-likeness (QED) is 0.728. The van der Waals surface area contributed by atoms with Gasteiger partial charge in [-0.25, -0.2) is 0 Å². The molecule has 0 aromatic carbocycles. The Labute approximate surface area is 154 Å². The van der Waals surface area contributed by atoms with Crippen LogP contribution in [0.5, 0.6) is 0 Å². The van der Waals surface area contributed by atoms with Crippen molar-refractivity contribution in [3.05, 3.63) is 0 Å². The van der Waals surface area contributed by atoms with Crippen molar-refractivity contribution in [3.63, 3.8) is 0 Å². The lowest BCUT2D eigenvalue weighted by Crippen LogP contribution is -2.48. The van der Waals surface area contributed by atoms with Crippen LogP contribution >= 0.6 is 0 Å². The van der Waals surface area contributed by atoms with Crippen LogP contribution in [-0.4, -0.2) is 65.2 Å². The second kappa shape index (κ2) is 8.29. The zero-order valence-corrected chi connectivity index (χ0v) is 16.1. The number of amides is 3. The fraction of sp³-hybridized carbons (Fsp3) is 0.789. The molecule has 7 heteroatoms. The molecule has 1 saturated heterocycles. The van der Waals surface area contributed by atoms with Gasteiger partial charge in [0.1, 0.15) is 12.3 Å². The van der Waals surface area contributed by atoms with Crippen molar-refractivity contribution in [3.8, 4) is 0 Å². The molecule has 7 nitrogen and oxygen atoms in total. The average Bonchev–Trinajstić information content (AvgIpc) is 2.53. The number of hydrogen-bond donors (Lipinski definition) is 1. The zero-order chi connectivity index (χ0) is 19.6. The Morgan fingerprint density at radius 3 is 2.27 bits per heavy atom. The van der Waals surface area contributed by atoms with Crippen LogP contribution in [0.2, 0.25) is 0 Å². The summed E-state index contributed by atoms with van der Waals surface area (Å²) in [7, 11) is 3.15. The highest BCUT2D eigenvalue weighted by Crippen LogP contribution is 2.35. The maximum absolute atomic E-state index is 12.4. The van der Waals surface area contributed by atoms with E-state index < -0.39 is 12.0 Å². The number of likely N-dealkylation sites (tertiary alicyclic amines) is 1. The van der Waals surface area contributed by atoms with Gasteiger partial charge in [0.2, 0.25) is 17.7 Å². The van der Waals surface area contributed by atoms with Crippen LogP contribution in [-0.2, 0) is 19.2 Å². The molecule has 0 aromatic heterocycles. The van der Waals surface area contributed by atoms with Crippen LogP contribution < -0.4 is 0 Å². The lowest BCUT2D eigenvalue weighted by atomic mass is 9.71. The molecule has 2 aliphatic rings. The number of piperidine rings is 1. The number of ketones is 1. The van der Waals surface area contributed by atoms with Crippen LogP contribution in [0, 0.1) is 23.7 Å². The number of rotatable bonds is 5. The number of Topliss-reactive ketones (excluding diaryl/α,β-unsaturated/α-hetero) is 1. The van der Waals surface area contributed by atoms with Gasteiger partial charge in [0.05, 0.1) is 6.10 Å². The van der Waals surface area contributed by atoms with E-state index >= 15 is 0 Å². The van der Waals surface area contributed by atoms with Crippen LogP contribution in [0.1, 0.15) is 46.0 Å². The minimum atomic E-state index is -0.826. The first-order chi connectivity index (χ1) is 12.1. The van der Waals surface area contributed by atoms with E-state index in [2.05, 4.69) is 6.92 Å². The van der Waals surface area contributed by atoms with Crippen molar-refractivity contribution in [1.29, 1.82) is 0 Å². The van der Waals surface area contributed by atoms with E-state index in [0.29, 0.717) is 12.3 Å².